The van der Waals surface area contributed by atoms with Gasteiger partial charge in [0.05, 0.1) is 0 Å². The zero-order chi connectivity index (χ0) is 22.3. The van der Waals surface area contributed by atoms with Crippen molar-refractivity contribution in [1.29, 1.82) is 0 Å². The van der Waals surface area contributed by atoms with Crippen LogP contribution in [0, 0.1) is 12.8 Å². The average Bonchev–Trinajstić information content (AvgIpc) is 2.68. The monoisotopic (exact) mass is 324 g/mol. The molecule has 122 valence electrons. The van der Waals surface area contributed by atoms with Crippen molar-refractivity contribution in [3.63, 3.8) is 0 Å². The summed E-state index contributed by atoms with van der Waals surface area (Å²) in [6, 6.07) is 12.0. The van der Waals surface area contributed by atoms with Crippen molar-refractivity contribution < 1.29 is 12.8 Å². The molecule has 3 rings (SSSR count). The number of aryl methyl sites for hydroxylation is 2. The second-order valence-electron chi connectivity index (χ2n) is 5.77. The van der Waals surface area contributed by atoms with Gasteiger partial charge in [-0.1, -0.05) is 32.0 Å². The van der Waals surface area contributed by atoms with Gasteiger partial charge in [-0.25, -0.2) is 14.5 Å². The molecule has 0 fully saturated rings. The van der Waals surface area contributed by atoms with Crippen LogP contribution in [-0.4, -0.2) is 9.97 Å². The van der Waals surface area contributed by atoms with Gasteiger partial charge in [-0.3, -0.25) is 0 Å². The van der Waals surface area contributed by atoms with E-state index < -0.39 is 19.1 Å². The Hall–Kier alpha value is -2.55. The van der Waals surface area contributed by atoms with Crippen LogP contribution >= 0.6 is 0 Å². The summed E-state index contributed by atoms with van der Waals surface area (Å²) < 4.78 is 49.0. The maximum atomic E-state index is 8.19. The van der Waals surface area contributed by atoms with Crippen LogP contribution in [0.1, 0.15) is 33.4 Å². The summed E-state index contributed by atoms with van der Waals surface area (Å²) >= 11 is 0. The standard InChI is InChI=1S/C21H24N3/c1-15(2)11-21-22-13-18(14-23-21)17-9-10-24(4)20(12-17)19-8-6-5-7-16(19)3/h5-10,12-15H,11H2,1-4H3/q+1/i1D3,11D2,15D. The predicted molar refractivity (Wildman–Crippen MR) is 97.4 cm³/mol. The minimum atomic E-state index is -2.82. The van der Waals surface area contributed by atoms with Crippen LogP contribution in [0.2, 0.25) is 0 Å². The van der Waals surface area contributed by atoms with Gasteiger partial charge >= 0.3 is 0 Å². The Morgan fingerprint density at radius 3 is 2.67 bits per heavy atom. The average molecular weight is 324 g/mol. The van der Waals surface area contributed by atoms with E-state index in [2.05, 4.69) is 9.97 Å². The fourth-order valence-electron chi connectivity index (χ4n) is 2.59. The molecule has 3 heteroatoms. The number of pyridine rings is 1. The molecule has 0 aliphatic heterocycles. The lowest BCUT2D eigenvalue weighted by Gasteiger charge is -2.07. The normalized spacial score (nSPS) is 18.3. The van der Waals surface area contributed by atoms with E-state index in [1.165, 1.54) is 12.4 Å². The number of rotatable bonds is 4. The van der Waals surface area contributed by atoms with Gasteiger partial charge in [0.2, 0.25) is 5.69 Å². The van der Waals surface area contributed by atoms with Crippen LogP contribution in [0.4, 0.5) is 0 Å². The van der Waals surface area contributed by atoms with E-state index in [1.807, 2.05) is 61.1 Å². The third-order valence-corrected chi connectivity index (χ3v) is 3.86. The Kier molecular flexibility index (Phi) is 2.98. The Morgan fingerprint density at radius 2 is 1.96 bits per heavy atom. The molecule has 0 aliphatic carbocycles. The zero-order valence-electron chi connectivity index (χ0n) is 20.0. The van der Waals surface area contributed by atoms with Crippen molar-refractivity contribution >= 4 is 0 Å². The van der Waals surface area contributed by atoms with Gasteiger partial charge in [0.1, 0.15) is 12.9 Å². The third-order valence-electron chi connectivity index (χ3n) is 3.86. The molecule has 3 nitrogen and oxygen atoms in total. The second kappa shape index (κ2) is 6.91. The first kappa shape index (κ1) is 10.3. The molecule has 24 heavy (non-hydrogen) atoms. The summed E-state index contributed by atoms with van der Waals surface area (Å²) in [6.07, 6.45) is 2.31. The predicted octanol–water partition coefficient (Wildman–Crippen LogP) is 4.14. The fraction of sp³-hybridized carbons (Fsp3) is 0.286. The molecule has 1 unspecified atom stereocenters. The van der Waals surface area contributed by atoms with Crippen LogP contribution in [0.25, 0.3) is 22.4 Å². The Morgan fingerprint density at radius 1 is 1.21 bits per heavy atom. The van der Waals surface area contributed by atoms with Crippen molar-refractivity contribution in [2.45, 2.75) is 27.1 Å². The Labute approximate surface area is 152 Å². The summed E-state index contributed by atoms with van der Waals surface area (Å²) in [5.74, 6) is -2.71. The molecule has 0 spiro atoms. The largest absolute Gasteiger partial charge is 0.241 e. The molecule has 2 aromatic heterocycles. The number of aromatic nitrogens is 3. The van der Waals surface area contributed by atoms with Crippen LogP contribution in [-0.2, 0) is 13.4 Å². The molecule has 3 aromatic rings. The van der Waals surface area contributed by atoms with Gasteiger partial charge in [-0.05, 0) is 30.0 Å². The van der Waals surface area contributed by atoms with Gasteiger partial charge in [0, 0.05) is 50.3 Å². The molecule has 0 N–H and O–H groups in total. The van der Waals surface area contributed by atoms with Gasteiger partial charge in [0.15, 0.2) is 6.20 Å². The number of benzene rings is 1. The summed E-state index contributed by atoms with van der Waals surface area (Å²) in [6.45, 7) is 0.267. The summed E-state index contributed by atoms with van der Waals surface area (Å²) in [5.41, 5.74) is 4.77. The van der Waals surface area contributed by atoms with Gasteiger partial charge < -0.3 is 0 Å². The van der Waals surface area contributed by atoms with Gasteiger partial charge in [-0.15, -0.1) is 0 Å². The summed E-state index contributed by atoms with van der Waals surface area (Å²) in [4.78, 5) is 8.17. The second-order valence-corrected chi connectivity index (χ2v) is 5.77. The van der Waals surface area contributed by atoms with Gasteiger partial charge in [0.25, 0.3) is 0 Å². The highest BCUT2D eigenvalue weighted by Crippen LogP contribution is 2.25. The minimum absolute atomic E-state index is 0.319. The Balaban J connectivity index is 2.00. The molecular formula is C21H24N3+. The van der Waals surface area contributed by atoms with Crippen molar-refractivity contribution in [3.05, 3.63) is 66.4 Å². The molecule has 1 atom stereocenters. The number of hydrogen-bond donors (Lipinski definition) is 0. The highest BCUT2D eigenvalue weighted by molar-refractivity contribution is 5.69. The van der Waals surface area contributed by atoms with E-state index in [4.69, 9.17) is 8.22 Å². The molecule has 0 saturated carbocycles. The van der Waals surface area contributed by atoms with Crippen molar-refractivity contribution in [3.8, 4) is 22.4 Å². The van der Waals surface area contributed by atoms with E-state index in [0.29, 0.717) is 5.56 Å². The van der Waals surface area contributed by atoms with Crippen LogP contribution in [0.3, 0.4) is 0 Å². The van der Waals surface area contributed by atoms with Crippen molar-refractivity contribution in [2.24, 2.45) is 12.9 Å². The first-order valence-corrected chi connectivity index (χ1v) is 7.75. The van der Waals surface area contributed by atoms with Crippen molar-refractivity contribution in [1.82, 2.24) is 9.97 Å². The molecule has 0 bridgehead atoms. The van der Waals surface area contributed by atoms with E-state index in [-0.39, 0.29) is 5.82 Å². The molecule has 0 amide bonds. The number of nitrogens with zero attached hydrogens (tertiary/aromatic N) is 3. The van der Waals surface area contributed by atoms with E-state index in [1.54, 1.807) is 0 Å². The van der Waals surface area contributed by atoms with Crippen LogP contribution in [0.15, 0.2) is 55.0 Å². The zero-order valence-corrected chi connectivity index (χ0v) is 14.0. The van der Waals surface area contributed by atoms with Crippen LogP contribution in [0.5, 0.6) is 0 Å². The van der Waals surface area contributed by atoms with E-state index >= 15 is 0 Å². The topological polar surface area (TPSA) is 29.7 Å². The quantitative estimate of drug-likeness (QED) is 0.675. The lowest BCUT2D eigenvalue weighted by atomic mass is 10.0. The third kappa shape index (κ3) is 3.51. The smallest absolute Gasteiger partial charge is 0.213 e. The Bertz CT molecular complexity index is 1060. The fourth-order valence-corrected chi connectivity index (χ4v) is 2.59. The molecule has 1 aromatic carbocycles. The highest BCUT2D eigenvalue weighted by atomic mass is 14.9. The maximum Gasteiger partial charge on any atom is 0.213 e. The van der Waals surface area contributed by atoms with Crippen LogP contribution < -0.4 is 4.57 Å². The van der Waals surface area contributed by atoms with E-state index in [9.17, 15) is 0 Å². The van der Waals surface area contributed by atoms with Crippen molar-refractivity contribution in [2.75, 3.05) is 0 Å². The highest BCUT2D eigenvalue weighted by Gasteiger charge is 2.14. The lowest BCUT2D eigenvalue weighted by molar-refractivity contribution is -0.660. The van der Waals surface area contributed by atoms with E-state index in [0.717, 1.165) is 29.3 Å². The molecule has 0 radical (unpaired) electrons. The first-order valence-electron chi connectivity index (χ1n) is 10.7. The lowest BCUT2D eigenvalue weighted by Crippen LogP contribution is -2.30. The molecule has 2 heterocycles. The minimum Gasteiger partial charge on any atom is -0.241 e. The molecular weight excluding hydrogens is 294 g/mol. The maximum absolute atomic E-state index is 8.19. The summed E-state index contributed by atoms with van der Waals surface area (Å²) in [5, 5.41) is 0. The van der Waals surface area contributed by atoms with Gasteiger partial charge in [-0.2, -0.15) is 0 Å². The molecule has 0 saturated heterocycles. The summed E-state index contributed by atoms with van der Waals surface area (Å²) in [7, 11) is 1.96. The number of hydrogen-bond acceptors (Lipinski definition) is 2. The molecule has 0 aliphatic rings. The SMILES string of the molecule is [2H]C([2H])([2H])C([2H])(C)C([2H])([2H])c1ncc(-c2cc[n+](C)c(-c3ccccc3C)c2)cn1. The first-order chi connectivity index (χ1) is 13.9.